The molecule has 0 amide bonds. The van der Waals surface area contributed by atoms with E-state index in [-0.39, 0.29) is 5.57 Å². The lowest BCUT2D eigenvalue weighted by Gasteiger charge is -2.29. The molecule has 1 aromatic rings. The first-order chi connectivity index (χ1) is 10.8. The number of carbonyl (C=O) groups excluding carboxylic acids is 2. The summed E-state index contributed by atoms with van der Waals surface area (Å²) < 4.78 is 20.8. The Balaban J connectivity index is 2.49. The van der Waals surface area contributed by atoms with Crippen LogP contribution in [0.25, 0.3) is 6.08 Å². The van der Waals surface area contributed by atoms with Gasteiger partial charge in [0.1, 0.15) is 17.1 Å². The van der Waals surface area contributed by atoms with Gasteiger partial charge < -0.3 is 18.9 Å². The van der Waals surface area contributed by atoms with Crippen molar-refractivity contribution in [2.45, 2.75) is 24.5 Å². The van der Waals surface area contributed by atoms with Crippen molar-refractivity contribution in [2.24, 2.45) is 0 Å². The lowest BCUT2D eigenvalue weighted by Crippen LogP contribution is -2.41. The van der Waals surface area contributed by atoms with Crippen molar-refractivity contribution >= 4 is 29.8 Å². The molecule has 1 fully saturated rings. The first-order valence-electron chi connectivity index (χ1n) is 6.79. The number of hydrogen-bond acceptors (Lipinski definition) is 7. The monoisotopic (exact) mass is 338 g/mol. The summed E-state index contributed by atoms with van der Waals surface area (Å²) in [6.07, 6.45) is 3.29. The maximum Gasteiger partial charge on any atom is 0.348 e. The second-order valence-corrected chi connectivity index (χ2v) is 6.03. The highest BCUT2D eigenvalue weighted by atomic mass is 32.2. The van der Waals surface area contributed by atoms with Crippen molar-refractivity contribution in [3.8, 4) is 11.5 Å². The van der Waals surface area contributed by atoms with Gasteiger partial charge in [-0.05, 0) is 24.5 Å². The minimum atomic E-state index is -1.27. The summed E-state index contributed by atoms with van der Waals surface area (Å²) >= 11 is 1.50. The van der Waals surface area contributed by atoms with E-state index in [1.54, 1.807) is 19.2 Å². The molecule has 0 aromatic heterocycles. The number of carbonyl (C=O) groups is 2. The predicted molar refractivity (Wildman–Crippen MR) is 85.6 cm³/mol. The van der Waals surface area contributed by atoms with Crippen LogP contribution in [0.1, 0.15) is 19.4 Å². The summed E-state index contributed by atoms with van der Waals surface area (Å²) in [5.74, 6) is -1.62. The number of ether oxygens (including phenoxy) is 4. The minimum Gasteiger partial charge on any atom is -0.496 e. The van der Waals surface area contributed by atoms with Crippen molar-refractivity contribution in [2.75, 3.05) is 20.5 Å². The van der Waals surface area contributed by atoms with E-state index >= 15 is 0 Å². The van der Waals surface area contributed by atoms with Gasteiger partial charge in [-0.25, -0.2) is 9.59 Å². The summed E-state index contributed by atoms with van der Waals surface area (Å²) in [6.45, 7) is 2.99. The molecule has 0 aliphatic carbocycles. The van der Waals surface area contributed by atoms with Crippen molar-refractivity contribution in [3.05, 3.63) is 23.3 Å². The second-order valence-electron chi connectivity index (χ2n) is 5.19. The van der Waals surface area contributed by atoms with Crippen molar-refractivity contribution < 1.29 is 28.5 Å². The molecule has 0 saturated carbocycles. The van der Waals surface area contributed by atoms with Gasteiger partial charge in [-0.15, -0.1) is 11.8 Å². The minimum absolute atomic E-state index is 0.193. The number of esters is 2. The molecule has 0 bridgehead atoms. The third-order valence-corrected chi connectivity index (χ3v) is 3.91. The Hall–Kier alpha value is -2.15. The van der Waals surface area contributed by atoms with Gasteiger partial charge >= 0.3 is 11.9 Å². The number of thioether (sulfide) groups is 1. The summed E-state index contributed by atoms with van der Waals surface area (Å²) in [5, 5.41) is 0. The van der Waals surface area contributed by atoms with E-state index < -0.39 is 17.7 Å². The highest BCUT2D eigenvalue weighted by Gasteiger charge is 2.39. The molecule has 1 aliphatic heterocycles. The van der Waals surface area contributed by atoms with E-state index in [1.807, 2.05) is 6.26 Å². The fourth-order valence-corrected chi connectivity index (χ4v) is 2.67. The Labute approximate surface area is 138 Å². The van der Waals surface area contributed by atoms with Crippen molar-refractivity contribution in [3.63, 3.8) is 0 Å². The largest absolute Gasteiger partial charge is 0.496 e. The number of methoxy groups -OCH3 is 2. The van der Waals surface area contributed by atoms with E-state index in [4.69, 9.17) is 18.9 Å². The molecular formula is C16H18O6S. The third-order valence-electron chi connectivity index (χ3n) is 3.15. The standard InChI is InChI=1S/C16H18O6S/c1-16(2)21-14(17)10(15(18)22-16)6-9-7-12(20-4)13(23-5)8-11(9)19-3/h6-8H,1-5H3. The fourth-order valence-electron chi connectivity index (χ4n) is 2.10. The Morgan fingerprint density at radius 2 is 1.61 bits per heavy atom. The molecule has 2 rings (SSSR count). The fraction of sp³-hybridized carbons (Fsp3) is 0.375. The molecule has 1 aliphatic rings. The van der Waals surface area contributed by atoms with Crippen molar-refractivity contribution in [1.29, 1.82) is 0 Å². The Morgan fingerprint density at radius 1 is 1.04 bits per heavy atom. The van der Waals surface area contributed by atoms with E-state index in [0.29, 0.717) is 17.1 Å². The van der Waals surface area contributed by atoms with E-state index in [1.165, 1.54) is 38.8 Å². The van der Waals surface area contributed by atoms with Gasteiger partial charge in [0.2, 0.25) is 0 Å². The first-order valence-corrected chi connectivity index (χ1v) is 8.02. The summed E-state index contributed by atoms with van der Waals surface area (Å²) in [7, 11) is 3.05. The maximum atomic E-state index is 12.0. The molecule has 124 valence electrons. The van der Waals surface area contributed by atoms with Crippen molar-refractivity contribution in [1.82, 2.24) is 0 Å². The molecule has 0 radical (unpaired) electrons. The number of benzene rings is 1. The molecule has 1 aromatic carbocycles. The molecule has 0 unspecified atom stereocenters. The zero-order valence-electron chi connectivity index (χ0n) is 13.6. The van der Waals surface area contributed by atoms with Gasteiger partial charge in [0.25, 0.3) is 5.79 Å². The number of rotatable bonds is 4. The first kappa shape index (κ1) is 17.2. The summed E-state index contributed by atoms with van der Waals surface area (Å²) in [4.78, 5) is 24.9. The molecule has 0 spiro atoms. The second kappa shape index (κ2) is 6.54. The van der Waals surface area contributed by atoms with Crippen LogP contribution in [0.2, 0.25) is 0 Å². The smallest absolute Gasteiger partial charge is 0.348 e. The van der Waals surface area contributed by atoms with Crippen LogP contribution < -0.4 is 9.47 Å². The topological polar surface area (TPSA) is 71.1 Å². The summed E-state index contributed by atoms with van der Waals surface area (Å²) in [6, 6.07) is 3.47. The van der Waals surface area contributed by atoms with Gasteiger partial charge in [-0.3, -0.25) is 0 Å². The molecule has 1 saturated heterocycles. The molecule has 1 heterocycles. The van der Waals surface area contributed by atoms with Gasteiger partial charge in [-0.2, -0.15) is 0 Å². The lowest BCUT2D eigenvalue weighted by molar-refractivity contribution is -0.222. The van der Waals surface area contributed by atoms with E-state index in [2.05, 4.69) is 0 Å². The van der Waals surface area contributed by atoms with E-state index in [0.717, 1.165) is 4.90 Å². The van der Waals surface area contributed by atoms with Gasteiger partial charge in [0, 0.05) is 19.4 Å². The lowest BCUT2D eigenvalue weighted by atomic mass is 10.1. The predicted octanol–water partition coefficient (Wildman–Crippen LogP) is 2.65. The molecule has 0 N–H and O–H groups in total. The zero-order valence-corrected chi connectivity index (χ0v) is 14.4. The van der Waals surface area contributed by atoms with Crippen LogP contribution in [-0.4, -0.2) is 38.2 Å². The van der Waals surface area contributed by atoms with E-state index in [9.17, 15) is 9.59 Å². The van der Waals surface area contributed by atoms with Gasteiger partial charge in [0.15, 0.2) is 0 Å². The molecule has 7 heteroatoms. The molecule has 23 heavy (non-hydrogen) atoms. The average molecular weight is 338 g/mol. The number of cyclic esters (lactones) is 2. The molecule has 0 atom stereocenters. The van der Waals surface area contributed by atoms with Crippen LogP contribution in [0.5, 0.6) is 11.5 Å². The van der Waals surface area contributed by atoms with Crippen LogP contribution in [-0.2, 0) is 19.1 Å². The normalized spacial score (nSPS) is 16.5. The van der Waals surface area contributed by atoms with Gasteiger partial charge in [-0.1, -0.05) is 0 Å². The zero-order chi connectivity index (χ0) is 17.2. The van der Waals surface area contributed by atoms with Crippen LogP contribution in [0.3, 0.4) is 0 Å². The molecule has 6 nitrogen and oxygen atoms in total. The average Bonchev–Trinajstić information content (AvgIpc) is 2.49. The Morgan fingerprint density at radius 3 is 2.09 bits per heavy atom. The maximum absolute atomic E-state index is 12.0. The van der Waals surface area contributed by atoms with Crippen LogP contribution in [0, 0.1) is 0 Å². The summed E-state index contributed by atoms with van der Waals surface area (Å²) in [5.41, 5.74) is 0.326. The van der Waals surface area contributed by atoms with Gasteiger partial charge in [0.05, 0.1) is 19.1 Å². The van der Waals surface area contributed by atoms with Crippen LogP contribution >= 0.6 is 11.8 Å². The Kier molecular flexibility index (Phi) is 4.89. The molecular weight excluding hydrogens is 320 g/mol. The SMILES string of the molecule is COc1cc(SC)c(OC)cc1C=C1C(=O)OC(C)(C)OC1=O. The van der Waals surface area contributed by atoms with Crippen LogP contribution in [0.15, 0.2) is 22.6 Å². The quantitative estimate of drug-likeness (QED) is 0.362. The number of hydrogen-bond donors (Lipinski definition) is 0. The highest BCUT2D eigenvalue weighted by molar-refractivity contribution is 7.98. The third kappa shape index (κ3) is 3.61. The van der Waals surface area contributed by atoms with Crippen LogP contribution in [0.4, 0.5) is 0 Å². The Bertz CT molecular complexity index is 655. The highest BCUT2D eigenvalue weighted by Crippen LogP contribution is 2.36.